The van der Waals surface area contributed by atoms with Gasteiger partial charge in [-0.25, -0.2) is 8.42 Å². The minimum Gasteiger partial charge on any atom is -0.423 e. The molecule has 2 N–H and O–H groups in total. The van der Waals surface area contributed by atoms with Crippen LogP contribution >= 0.6 is 22.9 Å². The van der Waals surface area contributed by atoms with E-state index in [1.807, 2.05) is 30.3 Å². The van der Waals surface area contributed by atoms with E-state index in [1.165, 1.54) is 17.7 Å². The summed E-state index contributed by atoms with van der Waals surface area (Å²) in [6.45, 7) is 0. The number of halogens is 1. The minimum atomic E-state index is -3.44. The molecule has 0 saturated heterocycles. The van der Waals surface area contributed by atoms with Crippen LogP contribution in [0.25, 0.3) is 21.9 Å². The third kappa shape index (κ3) is 3.48. The van der Waals surface area contributed by atoms with Gasteiger partial charge < -0.3 is 10.2 Å². The Kier molecular flexibility index (Phi) is 5.15. The summed E-state index contributed by atoms with van der Waals surface area (Å²) in [5.41, 5.74) is 8.02. The van der Waals surface area contributed by atoms with Crippen LogP contribution in [-0.4, -0.2) is 35.0 Å². The number of nitrogens with two attached hydrogens (primary N) is 1. The van der Waals surface area contributed by atoms with E-state index in [0.717, 1.165) is 40.1 Å². The molecule has 5 rings (SSSR count). The predicted octanol–water partition coefficient (Wildman–Crippen LogP) is 4.65. The van der Waals surface area contributed by atoms with Crippen LogP contribution in [0.5, 0.6) is 0 Å². The maximum atomic E-state index is 13.3. The summed E-state index contributed by atoms with van der Waals surface area (Å²) in [7, 11) is -3.44. The fourth-order valence-corrected chi connectivity index (χ4v) is 8.40. The Morgan fingerprint density at radius 1 is 1.16 bits per heavy atom. The van der Waals surface area contributed by atoms with Gasteiger partial charge in [-0.1, -0.05) is 43.0 Å². The molecule has 162 valence electrons. The van der Waals surface area contributed by atoms with Gasteiger partial charge in [-0.05, 0) is 36.6 Å². The van der Waals surface area contributed by atoms with E-state index < -0.39 is 20.6 Å². The first kappa shape index (κ1) is 20.7. The van der Waals surface area contributed by atoms with Crippen molar-refractivity contribution in [1.29, 1.82) is 0 Å². The highest BCUT2D eigenvalue weighted by molar-refractivity contribution is 7.93. The first-order chi connectivity index (χ1) is 14.9. The highest BCUT2D eigenvalue weighted by atomic mass is 35.5. The maximum Gasteiger partial charge on any atom is 0.247 e. The van der Waals surface area contributed by atoms with E-state index in [4.69, 9.17) is 21.8 Å². The molecule has 0 amide bonds. The summed E-state index contributed by atoms with van der Waals surface area (Å²) in [4.78, 5) is 6.29. The largest absolute Gasteiger partial charge is 0.423 e. The molecule has 1 aromatic carbocycles. The number of thiophene rings is 1. The monoisotopic (exact) mass is 476 g/mol. The normalized spacial score (nSPS) is 22.4. The molecule has 1 atom stereocenters. The lowest BCUT2D eigenvalue weighted by Crippen LogP contribution is -2.55. The molecule has 1 unspecified atom stereocenters. The van der Waals surface area contributed by atoms with Crippen molar-refractivity contribution in [3.05, 3.63) is 46.6 Å². The molecule has 0 radical (unpaired) electrons. The Hall–Kier alpha value is -2.23. The summed E-state index contributed by atoms with van der Waals surface area (Å²) in [6, 6.07) is 8.94. The summed E-state index contributed by atoms with van der Waals surface area (Å²) >= 11 is 7.99. The average molecular weight is 477 g/mol. The molecule has 1 saturated carbocycles. The number of nitrogens with zero attached hydrogens (tertiary/aromatic N) is 3. The van der Waals surface area contributed by atoms with Gasteiger partial charge in [-0.15, -0.1) is 21.5 Å². The summed E-state index contributed by atoms with van der Waals surface area (Å²) in [5, 5.41) is 8.16. The van der Waals surface area contributed by atoms with E-state index in [-0.39, 0.29) is 11.6 Å². The molecule has 0 bridgehead atoms. The van der Waals surface area contributed by atoms with Crippen LogP contribution in [0.2, 0.25) is 5.02 Å². The SMILES string of the molecule is NC1=NC(c2sc(-c3cccc(-c4nnco4)c3)cc2Cl)CS(=O)(=O)C12CCCCC2. The zero-order valence-corrected chi connectivity index (χ0v) is 19.0. The molecule has 7 nitrogen and oxygen atoms in total. The van der Waals surface area contributed by atoms with Gasteiger partial charge in [-0.3, -0.25) is 4.99 Å². The molecule has 10 heteroatoms. The van der Waals surface area contributed by atoms with Crippen LogP contribution in [0.4, 0.5) is 0 Å². The van der Waals surface area contributed by atoms with Gasteiger partial charge >= 0.3 is 0 Å². The molecule has 1 aliphatic heterocycles. The predicted molar refractivity (Wildman–Crippen MR) is 122 cm³/mol. The van der Waals surface area contributed by atoms with Gasteiger partial charge in [0.2, 0.25) is 12.3 Å². The van der Waals surface area contributed by atoms with E-state index >= 15 is 0 Å². The molecular formula is C21H21ClN4O3S2. The number of hydrogen-bond donors (Lipinski definition) is 1. The van der Waals surface area contributed by atoms with Crippen LogP contribution in [0.15, 0.2) is 46.1 Å². The third-order valence-electron chi connectivity index (χ3n) is 6.17. The Labute approximate surface area is 189 Å². The second-order valence-electron chi connectivity index (χ2n) is 8.01. The number of benzene rings is 1. The molecule has 31 heavy (non-hydrogen) atoms. The van der Waals surface area contributed by atoms with E-state index in [2.05, 4.69) is 15.2 Å². The summed E-state index contributed by atoms with van der Waals surface area (Å²) in [5.74, 6) is 0.612. The Bertz CT molecular complexity index is 1250. The van der Waals surface area contributed by atoms with Gasteiger partial charge in [-0.2, -0.15) is 0 Å². The molecular weight excluding hydrogens is 456 g/mol. The second-order valence-corrected chi connectivity index (χ2v) is 11.8. The van der Waals surface area contributed by atoms with Crippen molar-refractivity contribution in [2.45, 2.75) is 42.9 Å². The molecule has 2 aliphatic rings. The smallest absolute Gasteiger partial charge is 0.247 e. The summed E-state index contributed by atoms with van der Waals surface area (Å²) < 4.78 is 30.9. The maximum absolute atomic E-state index is 13.3. The van der Waals surface area contributed by atoms with Crippen molar-refractivity contribution in [3.63, 3.8) is 0 Å². The van der Waals surface area contributed by atoms with Crippen molar-refractivity contribution in [3.8, 4) is 21.9 Å². The van der Waals surface area contributed by atoms with Crippen LogP contribution < -0.4 is 5.73 Å². The number of rotatable bonds is 3. The molecule has 2 aromatic heterocycles. The zero-order valence-electron chi connectivity index (χ0n) is 16.6. The molecule has 3 aromatic rings. The molecule has 1 spiro atoms. The fourth-order valence-electron chi connectivity index (χ4n) is 4.53. The number of sulfone groups is 1. The lowest BCUT2D eigenvalue weighted by Gasteiger charge is -2.40. The first-order valence-electron chi connectivity index (χ1n) is 10.1. The topological polar surface area (TPSA) is 111 Å². The Balaban J connectivity index is 1.50. The number of aliphatic imine (C=N–C) groups is 1. The molecule has 1 fully saturated rings. The third-order valence-corrected chi connectivity index (χ3v) is 10.4. The zero-order chi connectivity index (χ0) is 21.6. The van der Waals surface area contributed by atoms with Crippen LogP contribution in [0.1, 0.15) is 43.0 Å². The molecule has 1 aliphatic carbocycles. The van der Waals surface area contributed by atoms with Gasteiger partial charge in [0.05, 0.1) is 10.8 Å². The van der Waals surface area contributed by atoms with Crippen molar-refractivity contribution < 1.29 is 12.8 Å². The van der Waals surface area contributed by atoms with E-state index in [9.17, 15) is 8.42 Å². The standard InChI is InChI=1S/C21H21ClN4O3S2/c22-15-10-17(13-5-4-6-14(9-13)19-26-24-12-29-19)30-18(15)16-11-31(27,28)21(20(23)25-16)7-2-1-3-8-21/h4-6,9-10,12,16H,1-3,7-8,11H2,(H2,23,25). The van der Waals surface area contributed by atoms with Crippen molar-refractivity contribution in [2.75, 3.05) is 5.75 Å². The second kappa shape index (κ2) is 7.72. The number of hydrogen-bond acceptors (Lipinski definition) is 8. The highest BCUT2D eigenvalue weighted by Gasteiger charge is 2.51. The number of amidine groups is 1. The van der Waals surface area contributed by atoms with E-state index in [0.29, 0.717) is 23.8 Å². The molecule has 3 heterocycles. The van der Waals surface area contributed by atoms with E-state index in [1.54, 1.807) is 0 Å². The minimum absolute atomic E-state index is 0.0601. The highest BCUT2D eigenvalue weighted by Crippen LogP contribution is 2.46. The van der Waals surface area contributed by atoms with Crippen molar-refractivity contribution in [2.24, 2.45) is 10.7 Å². The lowest BCUT2D eigenvalue weighted by atomic mass is 9.87. The Morgan fingerprint density at radius 3 is 2.65 bits per heavy atom. The van der Waals surface area contributed by atoms with Crippen molar-refractivity contribution >= 4 is 38.6 Å². The quantitative estimate of drug-likeness (QED) is 0.589. The first-order valence-corrected chi connectivity index (χ1v) is 13.0. The van der Waals surface area contributed by atoms with Gasteiger partial charge in [0.1, 0.15) is 16.6 Å². The van der Waals surface area contributed by atoms with Crippen LogP contribution in [-0.2, 0) is 9.84 Å². The van der Waals surface area contributed by atoms with Crippen molar-refractivity contribution in [1.82, 2.24) is 10.2 Å². The Morgan fingerprint density at radius 2 is 1.94 bits per heavy atom. The average Bonchev–Trinajstić information content (AvgIpc) is 3.43. The van der Waals surface area contributed by atoms with Gasteiger partial charge in [0.25, 0.3) is 0 Å². The van der Waals surface area contributed by atoms with Gasteiger partial charge in [0, 0.05) is 15.3 Å². The lowest BCUT2D eigenvalue weighted by molar-refractivity contribution is 0.430. The van der Waals surface area contributed by atoms with Crippen LogP contribution in [0.3, 0.4) is 0 Å². The number of aromatic nitrogens is 2. The van der Waals surface area contributed by atoms with Gasteiger partial charge in [0.15, 0.2) is 9.84 Å². The van der Waals surface area contributed by atoms with Crippen LogP contribution in [0, 0.1) is 0 Å². The summed E-state index contributed by atoms with van der Waals surface area (Å²) in [6.07, 6.45) is 5.16. The fraction of sp³-hybridized carbons (Fsp3) is 0.381.